The van der Waals surface area contributed by atoms with E-state index in [9.17, 15) is 0 Å². The molecule has 2 atom stereocenters. The minimum atomic E-state index is 0.528. The van der Waals surface area contributed by atoms with Crippen LogP contribution >= 0.6 is 0 Å². The Morgan fingerprint density at radius 3 is 1.90 bits per heavy atom. The van der Waals surface area contributed by atoms with Crippen molar-refractivity contribution in [2.45, 2.75) is 106 Å². The molecule has 0 saturated carbocycles. The first-order valence-corrected chi connectivity index (χ1v) is 9.30. The Morgan fingerprint density at radius 2 is 1.40 bits per heavy atom. The van der Waals surface area contributed by atoms with Gasteiger partial charge in [-0.25, -0.2) is 0 Å². The molecule has 0 heterocycles. The third-order valence-corrected chi connectivity index (χ3v) is 4.71. The van der Waals surface area contributed by atoms with E-state index in [0.717, 1.165) is 17.8 Å². The van der Waals surface area contributed by atoms with Crippen LogP contribution in [0, 0.1) is 23.2 Å². The Bertz CT molecular complexity index is 214. The van der Waals surface area contributed by atoms with Gasteiger partial charge in [0.1, 0.15) is 0 Å². The number of hydrogen-bond acceptors (Lipinski definition) is 0. The van der Waals surface area contributed by atoms with Crippen LogP contribution in [0.25, 0.3) is 0 Å². The van der Waals surface area contributed by atoms with Crippen LogP contribution in [0.2, 0.25) is 0 Å². The molecule has 0 fully saturated rings. The van der Waals surface area contributed by atoms with E-state index in [1.807, 2.05) is 0 Å². The summed E-state index contributed by atoms with van der Waals surface area (Å²) in [5, 5.41) is 0. The van der Waals surface area contributed by atoms with Crippen molar-refractivity contribution in [3.8, 4) is 0 Å². The van der Waals surface area contributed by atoms with Crippen molar-refractivity contribution in [1.82, 2.24) is 0 Å². The third-order valence-electron chi connectivity index (χ3n) is 4.71. The van der Waals surface area contributed by atoms with Crippen LogP contribution in [0.15, 0.2) is 0 Å². The molecule has 0 nitrogen and oxygen atoms in total. The number of unbranched alkanes of at least 4 members (excludes halogenated alkanes) is 1. The fourth-order valence-electron chi connectivity index (χ4n) is 4.03. The minimum Gasteiger partial charge on any atom is -0.0654 e. The second-order valence-electron chi connectivity index (χ2n) is 8.42. The highest BCUT2D eigenvalue weighted by molar-refractivity contribution is 4.73. The van der Waals surface area contributed by atoms with Gasteiger partial charge in [-0.3, -0.25) is 0 Å². The lowest BCUT2D eigenvalue weighted by Gasteiger charge is -2.30. The van der Waals surface area contributed by atoms with Crippen LogP contribution in [0.4, 0.5) is 0 Å². The van der Waals surface area contributed by atoms with Gasteiger partial charge in [-0.1, -0.05) is 93.4 Å². The maximum absolute atomic E-state index is 2.47. The molecule has 0 aliphatic rings. The van der Waals surface area contributed by atoms with Crippen LogP contribution in [0.5, 0.6) is 0 Å². The summed E-state index contributed by atoms with van der Waals surface area (Å²) in [6, 6.07) is 0. The van der Waals surface area contributed by atoms with Crippen LogP contribution in [-0.2, 0) is 0 Å². The molecular weight excluding hydrogens is 240 g/mol. The zero-order valence-electron chi connectivity index (χ0n) is 15.6. The third kappa shape index (κ3) is 10.7. The Balaban J connectivity index is 3.89. The van der Waals surface area contributed by atoms with E-state index >= 15 is 0 Å². The van der Waals surface area contributed by atoms with Crippen molar-refractivity contribution in [3.05, 3.63) is 0 Å². The Hall–Kier alpha value is 0. The van der Waals surface area contributed by atoms with Gasteiger partial charge in [0.2, 0.25) is 0 Å². The summed E-state index contributed by atoms with van der Waals surface area (Å²) < 4.78 is 0. The summed E-state index contributed by atoms with van der Waals surface area (Å²) >= 11 is 0. The van der Waals surface area contributed by atoms with E-state index in [2.05, 4.69) is 48.5 Å². The van der Waals surface area contributed by atoms with Gasteiger partial charge >= 0.3 is 0 Å². The van der Waals surface area contributed by atoms with Crippen molar-refractivity contribution in [3.63, 3.8) is 0 Å². The van der Waals surface area contributed by atoms with E-state index in [0.29, 0.717) is 5.41 Å². The molecule has 0 aromatic carbocycles. The van der Waals surface area contributed by atoms with Gasteiger partial charge in [0.25, 0.3) is 0 Å². The largest absolute Gasteiger partial charge is 0.0654 e. The highest BCUT2D eigenvalue weighted by Gasteiger charge is 2.22. The molecule has 0 heteroatoms. The van der Waals surface area contributed by atoms with E-state index < -0.39 is 0 Å². The van der Waals surface area contributed by atoms with Gasteiger partial charge < -0.3 is 0 Å². The van der Waals surface area contributed by atoms with E-state index in [-0.39, 0.29) is 0 Å². The lowest BCUT2D eigenvalue weighted by atomic mass is 9.76. The van der Waals surface area contributed by atoms with E-state index in [4.69, 9.17) is 0 Å². The number of hydrogen-bond donors (Lipinski definition) is 0. The highest BCUT2D eigenvalue weighted by atomic mass is 14.3. The minimum absolute atomic E-state index is 0.528. The maximum Gasteiger partial charge on any atom is -0.0349 e. The quantitative estimate of drug-likeness (QED) is 0.348. The SMILES string of the molecule is CCCCC(CC)CCCC(C)CC(C)(C)CC(C)C. The first-order valence-electron chi connectivity index (χ1n) is 9.30. The normalized spacial score (nSPS) is 15.6. The topological polar surface area (TPSA) is 0 Å². The standard InChI is InChI=1S/C20H42/c1-8-10-13-19(9-2)14-11-12-18(5)16-20(6,7)15-17(3)4/h17-19H,8-16H2,1-7H3. The summed E-state index contributed by atoms with van der Waals surface area (Å²) in [5.41, 5.74) is 0.528. The molecule has 0 N–H and O–H groups in total. The molecule has 0 spiro atoms. The average molecular weight is 283 g/mol. The predicted octanol–water partition coefficient (Wildman–Crippen LogP) is 7.47. The van der Waals surface area contributed by atoms with Gasteiger partial charge in [0.15, 0.2) is 0 Å². The summed E-state index contributed by atoms with van der Waals surface area (Å²) in [5.74, 6) is 2.72. The monoisotopic (exact) mass is 282 g/mol. The second-order valence-corrected chi connectivity index (χ2v) is 8.42. The second kappa shape index (κ2) is 10.7. The van der Waals surface area contributed by atoms with Crippen molar-refractivity contribution >= 4 is 0 Å². The van der Waals surface area contributed by atoms with Gasteiger partial charge in [-0.05, 0) is 36.0 Å². The summed E-state index contributed by atoms with van der Waals surface area (Å²) in [7, 11) is 0. The fraction of sp³-hybridized carbons (Fsp3) is 1.00. The van der Waals surface area contributed by atoms with Gasteiger partial charge in [0, 0.05) is 0 Å². The molecule has 0 radical (unpaired) electrons. The van der Waals surface area contributed by atoms with Crippen LogP contribution < -0.4 is 0 Å². The lowest BCUT2D eigenvalue weighted by Crippen LogP contribution is -2.18. The molecule has 0 aromatic rings. The molecule has 0 bridgehead atoms. The molecule has 0 aliphatic heterocycles. The van der Waals surface area contributed by atoms with E-state index in [1.165, 1.54) is 57.8 Å². The molecule has 122 valence electrons. The Morgan fingerprint density at radius 1 is 0.800 bits per heavy atom. The molecular formula is C20H42. The van der Waals surface area contributed by atoms with Gasteiger partial charge in [-0.2, -0.15) is 0 Å². The van der Waals surface area contributed by atoms with Crippen LogP contribution in [0.3, 0.4) is 0 Å². The molecule has 0 aliphatic carbocycles. The maximum atomic E-state index is 2.47. The van der Waals surface area contributed by atoms with Gasteiger partial charge in [0.05, 0.1) is 0 Å². The van der Waals surface area contributed by atoms with Crippen LogP contribution in [0.1, 0.15) is 106 Å². The van der Waals surface area contributed by atoms with Crippen molar-refractivity contribution in [2.24, 2.45) is 23.2 Å². The van der Waals surface area contributed by atoms with Crippen LogP contribution in [-0.4, -0.2) is 0 Å². The smallest absolute Gasteiger partial charge is 0.0349 e. The lowest BCUT2D eigenvalue weighted by molar-refractivity contribution is 0.217. The van der Waals surface area contributed by atoms with Gasteiger partial charge in [-0.15, -0.1) is 0 Å². The fourth-order valence-corrected chi connectivity index (χ4v) is 4.03. The molecule has 2 unspecified atom stereocenters. The zero-order valence-corrected chi connectivity index (χ0v) is 15.6. The number of rotatable bonds is 12. The molecule has 0 aromatic heterocycles. The zero-order chi connectivity index (χ0) is 15.6. The first-order chi connectivity index (χ1) is 9.30. The molecule has 0 rings (SSSR count). The molecule has 0 amide bonds. The van der Waals surface area contributed by atoms with Crippen molar-refractivity contribution in [2.75, 3.05) is 0 Å². The molecule has 0 saturated heterocycles. The van der Waals surface area contributed by atoms with Crippen molar-refractivity contribution in [1.29, 1.82) is 0 Å². The Kier molecular flexibility index (Phi) is 10.7. The molecule has 20 heavy (non-hydrogen) atoms. The van der Waals surface area contributed by atoms with Crippen molar-refractivity contribution < 1.29 is 0 Å². The summed E-state index contributed by atoms with van der Waals surface area (Å²) in [4.78, 5) is 0. The van der Waals surface area contributed by atoms with E-state index in [1.54, 1.807) is 0 Å². The first kappa shape index (κ1) is 20.0. The average Bonchev–Trinajstić information content (AvgIpc) is 2.30. The summed E-state index contributed by atoms with van der Waals surface area (Å²) in [6.45, 7) is 16.8. The highest BCUT2D eigenvalue weighted by Crippen LogP contribution is 2.34. The Labute approximate surface area is 130 Å². The predicted molar refractivity (Wildman–Crippen MR) is 94.2 cm³/mol. The summed E-state index contributed by atoms with van der Waals surface area (Å²) in [6.07, 6.45) is 12.7.